The molecule has 11 heavy (non-hydrogen) atoms. The molecule has 0 radical (unpaired) electrons. The first-order chi connectivity index (χ1) is 5.29. The van der Waals surface area contributed by atoms with Crippen molar-refractivity contribution in [2.45, 2.75) is 0 Å². The summed E-state index contributed by atoms with van der Waals surface area (Å²) < 4.78 is 9.63. The Balaban J connectivity index is 2.72. The van der Waals surface area contributed by atoms with Crippen LogP contribution in [0.1, 0.15) is 0 Å². The standard InChI is InChI=1S/C6H5NO4/c8-3-1-10-6-5(4(3)9)11-2-7-6/h1,7-8H,2H2. The maximum Gasteiger partial charge on any atom is 0.270 e. The molecule has 0 unspecified atom stereocenters. The fourth-order valence-corrected chi connectivity index (χ4v) is 0.868. The minimum Gasteiger partial charge on any atom is -0.502 e. The minimum atomic E-state index is -0.545. The summed E-state index contributed by atoms with van der Waals surface area (Å²) >= 11 is 0. The highest BCUT2D eigenvalue weighted by molar-refractivity contribution is 5.51. The molecule has 1 aromatic heterocycles. The Hall–Kier alpha value is -1.65. The lowest BCUT2D eigenvalue weighted by atomic mass is 10.4. The van der Waals surface area contributed by atoms with E-state index in [1.54, 1.807) is 0 Å². The molecule has 58 valence electrons. The molecule has 1 aliphatic heterocycles. The van der Waals surface area contributed by atoms with Crippen molar-refractivity contribution < 1.29 is 14.3 Å². The zero-order chi connectivity index (χ0) is 7.84. The molecule has 2 N–H and O–H groups in total. The van der Waals surface area contributed by atoms with E-state index in [1.165, 1.54) is 0 Å². The minimum absolute atomic E-state index is 0.0463. The summed E-state index contributed by atoms with van der Waals surface area (Å²) in [5.74, 6) is -0.120. The number of hydrogen-bond acceptors (Lipinski definition) is 5. The van der Waals surface area contributed by atoms with Crippen LogP contribution in [-0.2, 0) is 0 Å². The van der Waals surface area contributed by atoms with Gasteiger partial charge >= 0.3 is 0 Å². The number of ether oxygens (including phenoxy) is 1. The van der Waals surface area contributed by atoms with Gasteiger partial charge in [-0.15, -0.1) is 0 Å². The van der Waals surface area contributed by atoms with E-state index in [0.29, 0.717) is 0 Å². The van der Waals surface area contributed by atoms with Gasteiger partial charge in [0.15, 0.2) is 6.73 Å². The van der Waals surface area contributed by atoms with E-state index in [2.05, 4.69) is 5.32 Å². The van der Waals surface area contributed by atoms with E-state index in [1.807, 2.05) is 0 Å². The fraction of sp³-hybridized carbons (Fsp3) is 0.167. The second-order valence-corrected chi connectivity index (χ2v) is 2.07. The van der Waals surface area contributed by atoms with Crippen LogP contribution in [0.4, 0.5) is 5.88 Å². The zero-order valence-corrected chi connectivity index (χ0v) is 5.46. The van der Waals surface area contributed by atoms with Gasteiger partial charge in [0.05, 0.1) is 0 Å². The first-order valence-corrected chi connectivity index (χ1v) is 3.00. The van der Waals surface area contributed by atoms with Crippen LogP contribution in [0.2, 0.25) is 0 Å². The van der Waals surface area contributed by atoms with Crippen molar-refractivity contribution in [2.24, 2.45) is 0 Å². The van der Waals surface area contributed by atoms with Crippen molar-refractivity contribution in [3.8, 4) is 11.5 Å². The third kappa shape index (κ3) is 0.739. The Kier molecular flexibility index (Phi) is 1.06. The van der Waals surface area contributed by atoms with Gasteiger partial charge in [-0.3, -0.25) is 4.79 Å². The number of rotatable bonds is 0. The van der Waals surface area contributed by atoms with Crippen LogP contribution in [0.25, 0.3) is 0 Å². The van der Waals surface area contributed by atoms with Crippen LogP contribution in [-0.4, -0.2) is 11.8 Å². The molecule has 5 nitrogen and oxygen atoms in total. The molecular weight excluding hydrogens is 150 g/mol. The average Bonchev–Trinajstić information content (AvgIpc) is 2.45. The second-order valence-electron chi connectivity index (χ2n) is 2.07. The number of hydrogen-bond donors (Lipinski definition) is 2. The van der Waals surface area contributed by atoms with Crippen LogP contribution in [0.15, 0.2) is 15.5 Å². The second kappa shape index (κ2) is 1.91. The van der Waals surface area contributed by atoms with Gasteiger partial charge in [-0.1, -0.05) is 0 Å². The number of fused-ring (bicyclic) bond motifs is 1. The highest BCUT2D eigenvalue weighted by Crippen LogP contribution is 2.26. The number of nitrogens with one attached hydrogen (secondary N) is 1. The Labute approximate surface area is 61.2 Å². The Morgan fingerprint density at radius 3 is 3.27 bits per heavy atom. The van der Waals surface area contributed by atoms with Crippen molar-refractivity contribution in [3.05, 3.63) is 16.5 Å². The molecule has 2 rings (SSSR count). The first-order valence-electron chi connectivity index (χ1n) is 3.00. The van der Waals surface area contributed by atoms with Crippen LogP contribution in [0.3, 0.4) is 0 Å². The van der Waals surface area contributed by atoms with Crippen molar-refractivity contribution in [1.29, 1.82) is 0 Å². The van der Waals surface area contributed by atoms with Gasteiger partial charge in [0.1, 0.15) is 6.26 Å². The van der Waals surface area contributed by atoms with Gasteiger partial charge in [-0.05, 0) is 0 Å². The molecule has 0 saturated carbocycles. The molecule has 0 saturated heterocycles. The van der Waals surface area contributed by atoms with Crippen LogP contribution in [0, 0.1) is 0 Å². The summed E-state index contributed by atoms with van der Waals surface area (Å²) in [6.45, 7) is 0.206. The third-order valence-corrected chi connectivity index (χ3v) is 1.38. The number of anilines is 1. The van der Waals surface area contributed by atoms with Gasteiger partial charge in [0.2, 0.25) is 17.4 Å². The third-order valence-electron chi connectivity index (χ3n) is 1.38. The molecule has 0 atom stereocenters. The maximum absolute atomic E-state index is 11.0. The zero-order valence-electron chi connectivity index (χ0n) is 5.46. The molecule has 0 fully saturated rings. The Morgan fingerprint density at radius 1 is 1.64 bits per heavy atom. The molecule has 0 bridgehead atoms. The summed E-state index contributed by atoms with van der Waals surface area (Å²) in [7, 11) is 0. The summed E-state index contributed by atoms with van der Waals surface area (Å²) in [5.41, 5.74) is -0.545. The van der Waals surface area contributed by atoms with Crippen molar-refractivity contribution in [2.75, 3.05) is 12.0 Å². The Bertz CT molecular complexity index is 343. The van der Waals surface area contributed by atoms with E-state index >= 15 is 0 Å². The lowest BCUT2D eigenvalue weighted by molar-refractivity contribution is 0.360. The van der Waals surface area contributed by atoms with Gasteiger partial charge in [0, 0.05) is 0 Å². The lowest BCUT2D eigenvalue weighted by Crippen LogP contribution is -2.02. The smallest absolute Gasteiger partial charge is 0.270 e. The van der Waals surface area contributed by atoms with E-state index in [-0.39, 0.29) is 18.4 Å². The topological polar surface area (TPSA) is 71.7 Å². The molecule has 0 spiro atoms. The van der Waals surface area contributed by atoms with E-state index in [0.717, 1.165) is 6.26 Å². The lowest BCUT2D eigenvalue weighted by Gasteiger charge is -1.93. The van der Waals surface area contributed by atoms with Crippen molar-refractivity contribution >= 4 is 5.88 Å². The SMILES string of the molecule is O=c1c(O)coc2c1OCN2. The normalized spacial score (nSPS) is 13.5. The Morgan fingerprint density at radius 2 is 2.45 bits per heavy atom. The summed E-state index contributed by atoms with van der Waals surface area (Å²) in [4.78, 5) is 11.0. The molecule has 1 aliphatic rings. The van der Waals surface area contributed by atoms with Crippen LogP contribution < -0.4 is 15.5 Å². The molecule has 1 aromatic rings. The highest BCUT2D eigenvalue weighted by Gasteiger charge is 2.19. The largest absolute Gasteiger partial charge is 0.502 e. The predicted molar refractivity (Wildman–Crippen MR) is 35.8 cm³/mol. The van der Waals surface area contributed by atoms with E-state index in [4.69, 9.17) is 14.3 Å². The average molecular weight is 155 g/mol. The number of aromatic hydroxyl groups is 1. The van der Waals surface area contributed by atoms with E-state index in [9.17, 15) is 4.79 Å². The molecule has 0 aromatic carbocycles. The highest BCUT2D eigenvalue weighted by atomic mass is 16.5. The first kappa shape index (κ1) is 6.09. The summed E-state index contributed by atoms with van der Waals surface area (Å²) in [6, 6.07) is 0. The van der Waals surface area contributed by atoms with Crippen LogP contribution in [0.5, 0.6) is 11.5 Å². The van der Waals surface area contributed by atoms with Crippen molar-refractivity contribution in [3.63, 3.8) is 0 Å². The predicted octanol–water partition coefficient (Wildman–Crippen LogP) is 0.107. The van der Waals surface area contributed by atoms with Crippen molar-refractivity contribution in [1.82, 2.24) is 0 Å². The fourth-order valence-electron chi connectivity index (χ4n) is 0.868. The summed E-state index contributed by atoms with van der Waals surface area (Å²) in [5, 5.41) is 11.5. The quantitative estimate of drug-likeness (QED) is 0.556. The molecular formula is C6H5NO4. The van der Waals surface area contributed by atoms with E-state index < -0.39 is 11.2 Å². The van der Waals surface area contributed by atoms with Gasteiger partial charge in [0.25, 0.3) is 5.43 Å². The monoisotopic (exact) mass is 155 g/mol. The molecule has 0 aliphatic carbocycles. The molecule has 5 heteroatoms. The molecule has 2 heterocycles. The summed E-state index contributed by atoms with van der Waals surface area (Å²) in [6.07, 6.45) is 0.975. The van der Waals surface area contributed by atoms with Gasteiger partial charge in [-0.2, -0.15) is 0 Å². The van der Waals surface area contributed by atoms with Gasteiger partial charge in [-0.25, -0.2) is 0 Å². The van der Waals surface area contributed by atoms with Gasteiger partial charge < -0.3 is 19.6 Å². The maximum atomic E-state index is 11.0. The van der Waals surface area contributed by atoms with Crippen LogP contribution >= 0.6 is 0 Å². The molecule has 0 amide bonds.